The van der Waals surface area contributed by atoms with Crippen LogP contribution < -0.4 is 5.32 Å². The molecule has 0 fully saturated rings. The van der Waals surface area contributed by atoms with Crippen molar-refractivity contribution in [1.82, 2.24) is 20.2 Å². The summed E-state index contributed by atoms with van der Waals surface area (Å²) in [5, 5.41) is 9.69. The summed E-state index contributed by atoms with van der Waals surface area (Å²) in [5.41, 5.74) is -0.492. The van der Waals surface area contributed by atoms with Gasteiger partial charge in [-0.05, 0) is 19.1 Å². The van der Waals surface area contributed by atoms with Crippen LogP contribution in [0.3, 0.4) is 0 Å². The molecule has 5 nitrogen and oxygen atoms in total. The zero-order valence-electron chi connectivity index (χ0n) is 8.71. The lowest BCUT2D eigenvalue weighted by Crippen LogP contribution is -2.07. The van der Waals surface area contributed by atoms with Crippen LogP contribution in [0.15, 0.2) is 18.5 Å². The zero-order chi connectivity index (χ0) is 12.5. The summed E-state index contributed by atoms with van der Waals surface area (Å²) in [7, 11) is 0. The van der Waals surface area contributed by atoms with Crippen LogP contribution in [0.1, 0.15) is 11.3 Å². The molecule has 17 heavy (non-hydrogen) atoms. The van der Waals surface area contributed by atoms with E-state index in [4.69, 9.17) is 0 Å². The third kappa shape index (κ3) is 2.71. The third-order valence-electron chi connectivity index (χ3n) is 1.94. The molecule has 0 unspecified atom stereocenters. The Kier molecular flexibility index (Phi) is 2.70. The third-order valence-corrected chi connectivity index (χ3v) is 1.94. The highest BCUT2D eigenvalue weighted by Gasteiger charge is 2.31. The predicted octanol–water partition coefficient (Wildman–Crippen LogP) is 2.27. The molecule has 0 aliphatic rings. The van der Waals surface area contributed by atoms with Crippen LogP contribution >= 0.6 is 0 Å². The Morgan fingerprint density at radius 1 is 1.29 bits per heavy atom. The molecule has 0 amide bonds. The van der Waals surface area contributed by atoms with Gasteiger partial charge in [-0.25, -0.2) is 4.98 Å². The van der Waals surface area contributed by atoms with Crippen molar-refractivity contribution in [3.05, 3.63) is 29.7 Å². The van der Waals surface area contributed by atoms with Crippen LogP contribution in [0.4, 0.5) is 24.9 Å². The second-order valence-electron chi connectivity index (χ2n) is 3.34. The summed E-state index contributed by atoms with van der Waals surface area (Å²) < 4.78 is 37.6. The number of pyridine rings is 1. The van der Waals surface area contributed by atoms with Gasteiger partial charge in [0.25, 0.3) is 0 Å². The number of aryl methyl sites for hydroxylation is 1. The number of nitrogens with zero attached hydrogens (tertiary/aromatic N) is 3. The number of halogens is 3. The standard InChI is InChI=1S/C9H8F3N5/c1-5-2-6(9(10,11)12)3-7(15-5)16-8-13-4-14-17-8/h2-4H,1H3,(H2,13,14,15,16,17). The fraction of sp³-hybridized carbons (Fsp3) is 0.222. The summed E-state index contributed by atoms with van der Waals surface area (Å²) in [4.78, 5) is 6.53. The normalized spacial score (nSPS) is 11.5. The van der Waals surface area contributed by atoms with Crippen molar-refractivity contribution in [2.24, 2.45) is 0 Å². The van der Waals surface area contributed by atoms with Crippen LogP contribution in [0.2, 0.25) is 0 Å². The molecule has 0 aromatic carbocycles. The van der Waals surface area contributed by atoms with E-state index in [1.807, 2.05) is 0 Å². The molecular formula is C9H8F3N5. The Labute approximate surface area is 94.1 Å². The molecule has 0 atom stereocenters. The first-order valence-electron chi connectivity index (χ1n) is 4.64. The van der Waals surface area contributed by atoms with Gasteiger partial charge in [0.2, 0.25) is 5.95 Å². The van der Waals surface area contributed by atoms with E-state index in [1.54, 1.807) is 0 Å². The highest BCUT2D eigenvalue weighted by molar-refractivity contribution is 5.49. The molecule has 2 N–H and O–H groups in total. The molecule has 0 spiro atoms. The Hall–Kier alpha value is -2.12. The van der Waals surface area contributed by atoms with Gasteiger partial charge in [0, 0.05) is 5.69 Å². The second-order valence-corrected chi connectivity index (χ2v) is 3.34. The van der Waals surface area contributed by atoms with Crippen LogP contribution in [-0.2, 0) is 6.18 Å². The first-order chi connectivity index (χ1) is 7.95. The quantitative estimate of drug-likeness (QED) is 0.849. The number of rotatable bonds is 2. The number of alkyl halides is 3. The molecule has 2 aromatic heterocycles. The Morgan fingerprint density at radius 3 is 2.65 bits per heavy atom. The summed E-state index contributed by atoms with van der Waals surface area (Å²) in [6, 6.07) is 1.89. The molecule has 0 saturated heterocycles. The van der Waals surface area contributed by atoms with Crippen LogP contribution in [0.25, 0.3) is 0 Å². The number of anilines is 2. The average Bonchev–Trinajstić information content (AvgIpc) is 2.68. The smallest absolute Gasteiger partial charge is 0.314 e. The topological polar surface area (TPSA) is 66.5 Å². The average molecular weight is 243 g/mol. The SMILES string of the molecule is Cc1cc(C(F)(F)F)cc(Nc2nnc[nH]2)n1. The van der Waals surface area contributed by atoms with Gasteiger partial charge in [-0.2, -0.15) is 13.2 Å². The first-order valence-corrected chi connectivity index (χ1v) is 4.64. The van der Waals surface area contributed by atoms with E-state index < -0.39 is 11.7 Å². The van der Waals surface area contributed by atoms with E-state index >= 15 is 0 Å². The fourth-order valence-corrected chi connectivity index (χ4v) is 1.28. The van der Waals surface area contributed by atoms with Gasteiger partial charge < -0.3 is 10.3 Å². The van der Waals surface area contributed by atoms with Crippen molar-refractivity contribution in [3.8, 4) is 0 Å². The number of nitrogens with one attached hydrogen (secondary N) is 2. The lowest BCUT2D eigenvalue weighted by Gasteiger charge is -2.09. The summed E-state index contributed by atoms with van der Waals surface area (Å²) in [5.74, 6) is 0.297. The minimum absolute atomic E-state index is 0.0640. The summed E-state index contributed by atoms with van der Waals surface area (Å²) in [6.07, 6.45) is -3.09. The van der Waals surface area contributed by atoms with Crippen molar-refractivity contribution in [2.45, 2.75) is 13.1 Å². The minimum Gasteiger partial charge on any atom is -0.314 e. The first kappa shape index (κ1) is 11.4. The number of hydrogen-bond donors (Lipinski definition) is 2. The number of hydrogen-bond acceptors (Lipinski definition) is 4. The lowest BCUT2D eigenvalue weighted by molar-refractivity contribution is -0.137. The van der Waals surface area contributed by atoms with E-state index in [1.165, 1.54) is 13.3 Å². The largest absolute Gasteiger partial charge is 0.416 e. The summed E-state index contributed by atoms with van der Waals surface area (Å²) >= 11 is 0. The van der Waals surface area contributed by atoms with Gasteiger partial charge in [0.05, 0.1) is 5.56 Å². The molecule has 0 aliphatic heterocycles. The van der Waals surface area contributed by atoms with Crippen LogP contribution in [0.5, 0.6) is 0 Å². The molecule has 0 aliphatic carbocycles. The lowest BCUT2D eigenvalue weighted by atomic mass is 10.2. The molecule has 2 heterocycles. The van der Waals surface area contributed by atoms with E-state index in [-0.39, 0.29) is 17.5 Å². The fourth-order valence-electron chi connectivity index (χ4n) is 1.28. The van der Waals surface area contributed by atoms with Crippen molar-refractivity contribution in [2.75, 3.05) is 5.32 Å². The van der Waals surface area contributed by atoms with E-state index in [2.05, 4.69) is 25.5 Å². The van der Waals surface area contributed by atoms with Crippen molar-refractivity contribution < 1.29 is 13.2 Å². The van der Waals surface area contributed by atoms with E-state index in [0.29, 0.717) is 0 Å². The predicted molar refractivity (Wildman–Crippen MR) is 53.6 cm³/mol. The molecule has 0 radical (unpaired) electrons. The Balaban J connectivity index is 2.32. The maximum Gasteiger partial charge on any atom is 0.416 e. The molecule has 0 saturated carbocycles. The molecule has 2 rings (SSSR count). The maximum absolute atomic E-state index is 12.5. The van der Waals surface area contributed by atoms with Gasteiger partial charge in [-0.15, -0.1) is 10.2 Å². The van der Waals surface area contributed by atoms with E-state index in [0.717, 1.165) is 12.1 Å². The maximum atomic E-state index is 12.5. The van der Waals surface area contributed by atoms with E-state index in [9.17, 15) is 13.2 Å². The van der Waals surface area contributed by atoms with Crippen molar-refractivity contribution >= 4 is 11.8 Å². The molecule has 2 aromatic rings. The Bertz CT molecular complexity index is 506. The van der Waals surface area contributed by atoms with Crippen LogP contribution in [-0.4, -0.2) is 20.2 Å². The van der Waals surface area contributed by atoms with Gasteiger partial charge in [-0.3, -0.25) is 0 Å². The van der Waals surface area contributed by atoms with Crippen molar-refractivity contribution in [1.29, 1.82) is 0 Å². The molecular weight excluding hydrogens is 235 g/mol. The van der Waals surface area contributed by atoms with Gasteiger partial charge in [0.1, 0.15) is 12.1 Å². The van der Waals surface area contributed by atoms with Gasteiger partial charge in [0.15, 0.2) is 0 Å². The highest BCUT2D eigenvalue weighted by atomic mass is 19.4. The van der Waals surface area contributed by atoms with Crippen molar-refractivity contribution in [3.63, 3.8) is 0 Å². The van der Waals surface area contributed by atoms with Gasteiger partial charge >= 0.3 is 6.18 Å². The molecule has 8 heteroatoms. The Morgan fingerprint density at radius 2 is 2.06 bits per heavy atom. The molecule has 0 bridgehead atoms. The molecule has 90 valence electrons. The summed E-state index contributed by atoms with van der Waals surface area (Å²) in [6.45, 7) is 1.49. The number of aromatic nitrogens is 4. The second kappa shape index (κ2) is 4.04. The minimum atomic E-state index is -4.40. The number of aromatic amines is 1. The highest BCUT2D eigenvalue weighted by Crippen LogP contribution is 2.31. The zero-order valence-corrected chi connectivity index (χ0v) is 8.71. The van der Waals surface area contributed by atoms with Gasteiger partial charge in [-0.1, -0.05) is 0 Å². The monoisotopic (exact) mass is 243 g/mol. The van der Waals surface area contributed by atoms with Crippen LogP contribution in [0, 0.1) is 6.92 Å². The number of H-pyrrole nitrogens is 1.